The predicted octanol–water partition coefficient (Wildman–Crippen LogP) is 6.14. The first-order valence-corrected chi connectivity index (χ1v) is 11.7. The maximum absolute atomic E-state index is 13.8. The highest BCUT2D eigenvalue weighted by atomic mass is 31.2. The Bertz CT molecular complexity index is 1010. The Hall–Kier alpha value is -2.61. The van der Waals surface area contributed by atoms with Crippen molar-refractivity contribution in [2.45, 2.75) is 32.6 Å². The topological polar surface area (TPSA) is 60.4 Å². The number of hydrogen-bond donors (Lipinski definition) is 0. The van der Waals surface area contributed by atoms with Crippen LogP contribution in [0.5, 0.6) is 0 Å². The lowest BCUT2D eigenvalue weighted by atomic mass is 10.0. The maximum Gasteiger partial charge on any atom is 0.417 e. The van der Waals surface area contributed by atoms with Gasteiger partial charge in [-0.25, -0.2) is 0 Å². The van der Waals surface area contributed by atoms with Crippen LogP contribution in [0.1, 0.15) is 41.8 Å². The van der Waals surface area contributed by atoms with Crippen molar-refractivity contribution in [3.05, 3.63) is 65.2 Å². The maximum atomic E-state index is 13.8. The third kappa shape index (κ3) is 6.47. The number of benzene rings is 2. The van der Waals surface area contributed by atoms with E-state index in [-0.39, 0.29) is 17.8 Å². The summed E-state index contributed by atoms with van der Waals surface area (Å²) in [4.78, 5) is 25.6. The summed E-state index contributed by atoms with van der Waals surface area (Å²) >= 11 is 0. The molecule has 0 aromatic heterocycles. The molecule has 11 heteroatoms. The third-order valence-corrected chi connectivity index (χ3v) is 7.42. The zero-order valence-corrected chi connectivity index (χ0v) is 18.6. The summed E-state index contributed by atoms with van der Waals surface area (Å²) in [5.74, 6) is -1.03. The second-order valence-electron chi connectivity index (χ2n) is 7.67. The van der Waals surface area contributed by atoms with Crippen LogP contribution in [0.3, 0.4) is 0 Å². The molecule has 4 nitrogen and oxygen atoms in total. The zero-order chi connectivity index (χ0) is 25.0. The summed E-state index contributed by atoms with van der Waals surface area (Å²) in [6.45, 7) is 3.56. The first kappa shape index (κ1) is 26.6. The van der Waals surface area contributed by atoms with E-state index >= 15 is 0 Å². The van der Waals surface area contributed by atoms with E-state index < -0.39 is 53.8 Å². The molecule has 0 radical (unpaired) electrons. The third-order valence-electron chi connectivity index (χ3n) is 4.70. The van der Waals surface area contributed by atoms with Crippen LogP contribution in [-0.4, -0.2) is 24.3 Å². The number of ether oxygens (including phenoxy) is 1. The molecule has 0 heterocycles. The summed E-state index contributed by atoms with van der Waals surface area (Å²) in [5.41, 5.74) is -7.45. The second kappa shape index (κ2) is 10.1. The van der Waals surface area contributed by atoms with Crippen LogP contribution in [0.25, 0.3) is 0 Å². The van der Waals surface area contributed by atoms with Crippen molar-refractivity contribution in [1.82, 2.24) is 0 Å². The predicted molar refractivity (Wildman–Crippen MR) is 110 cm³/mol. The fourth-order valence-electron chi connectivity index (χ4n) is 3.02. The molecule has 0 N–H and O–H groups in total. The van der Waals surface area contributed by atoms with Gasteiger partial charge in [-0.2, -0.15) is 26.3 Å². The van der Waals surface area contributed by atoms with Crippen molar-refractivity contribution in [3.63, 3.8) is 0 Å². The average Bonchev–Trinajstić information content (AvgIpc) is 2.71. The fourth-order valence-corrected chi connectivity index (χ4v) is 5.29. The Morgan fingerprint density at radius 1 is 0.879 bits per heavy atom. The molecule has 33 heavy (non-hydrogen) atoms. The van der Waals surface area contributed by atoms with Crippen LogP contribution in [0, 0.1) is 5.92 Å². The van der Waals surface area contributed by atoms with Gasteiger partial charge in [-0.1, -0.05) is 50.2 Å². The van der Waals surface area contributed by atoms with Crippen molar-refractivity contribution in [2.75, 3.05) is 12.8 Å². The number of esters is 1. The smallest absolute Gasteiger partial charge is 0.417 e. The molecule has 0 aliphatic carbocycles. The van der Waals surface area contributed by atoms with Crippen molar-refractivity contribution in [1.29, 1.82) is 0 Å². The van der Waals surface area contributed by atoms with E-state index in [0.29, 0.717) is 24.6 Å². The van der Waals surface area contributed by atoms with E-state index in [4.69, 9.17) is 4.74 Å². The molecule has 0 spiro atoms. The Kier molecular flexibility index (Phi) is 8.17. The van der Waals surface area contributed by atoms with Crippen LogP contribution in [0.15, 0.2) is 48.5 Å². The lowest BCUT2D eigenvalue weighted by Gasteiger charge is -2.22. The highest BCUT2D eigenvalue weighted by Crippen LogP contribution is 2.52. The number of carbonyl (C=O) groups excluding carboxylic acids is 2. The number of alkyl halides is 6. The van der Waals surface area contributed by atoms with Gasteiger partial charge in [0.1, 0.15) is 6.16 Å². The Morgan fingerprint density at radius 2 is 1.39 bits per heavy atom. The zero-order valence-electron chi connectivity index (χ0n) is 17.7. The highest BCUT2D eigenvalue weighted by molar-refractivity contribution is 7.88. The van der Waals surface area contributed by atoms with E-state index in [9.17, 15) is 40.5 Å². The molecule has 2 aromatic carbocycles. The minimum atomic E-state index is -5.34. The molecule has 0 aliphatic rings. The van der Waals surface area contributed by atoms with Gasteiger partial charge in [0.25, 0.3) is 0 Å². The van der Waals surface area contributed by atoms with Crippen LogP contribution < -0.4 is 5.30 Å². The van der Waals surface area contributed by atoms with E-state index in [1.807, 2.05) is 13.8 Å². The molecule has 0 fully saturated rings. The lowest BCUT2D eigenvalue weighted by molar-refractivity contribution is -0.143. The quantitative estimate of drug-likeness (QED) is 0.251. The summed E-state index contributed by atoms with van der Waals surface area (Å²) < 4.78 is 100. The van der Waals surface area contributed by atoms with Crippen molar-refractivity contribution in [2.24, 2.45) is 5.92 Å². The normalized spacial score (nSPS) is 14.1. The number of hydrogen-bond acceptors (Lipinski definition) is 4. The first-order chi connectivity index (χ1) is 15.2. The molecular weight excluding hydrogens is 473 g/mol. The van der Waals surface area contributed by atoms with Gasteiger partial charge in [-0.15, -0.1) is 0 Å². The number of rotatable bonds is 8. The molecular formula is C22H21F6O4P. The molecule has 1 atom stereocenters. The van der Waals surface area contributed by atoms with Crippen molar-refractivity contribution in [3.8, 4) is 0 Å². The molecule has 0 amide bonds. The molecule has 0 aliphatic heterocycles. The Morgan fingerprint density at radius 3 is 1.85 bits per heavy atom. The van der Waals surface area contributed by atoms with Gasteiger partial charge in [-0.05, 0) is 24.5 Å². The van der Waals surface area contributed by atoms with Crippen LogP contribution in [0.2, 0.25) is 0 Å². The minimum absolute atomic E-state index is 0.105. The SMILES string of the molecule is CC(C)CCOC(=O)CP(=O)(C(=O)c1c(C(F)(F)F)cccc1C(F)(F)F)c1ccccc1. The van der Waals surface area contributed by atoms with Gasteiger partial charge >= 0.3 is 18.3 Å². The van der Waals surface area contributed by atoms with E-state index in [2.05, 4.69) is 0 Å². The van der Waals surface area contributed by atoms with Gasteiger partial charge in [0.05, 0.1) is 23.3 Å². The number of halogens is 6. The molecule has 2 rings (SSSR count). The summed E-state index contributed by atoms with van der Waals surface area (Å²) in [6, 6.07) is 7.41. The van der Waals surface area contributed by atoms with E-state index in [0.717, 1.165) is 12.1 Å². The molecule has 180 valence electrons. The van der Waals surface area contributed by atoms with E-state index in [1.165, 1.54) is 18.2 Å². The number of carbonyl (C=O) groups is 2. The fraction of sp³-hybridized carbons (Fsp3) is 0.364. The average molecular weight is 494 g/mol. The molecule has 0 bridgehead atoms. The van der Waals surface area contributed by atoms with Crippen molar-refractivity contribution < 1.29 is 45.2 Å². The highest BCUT2D eigenvalue weighted by Gasteiger charge is 2.48. The van der Waals surface area contributed by atoms with Crippen LogP contribution in [-0.2, 0) is 26.4 Å². The summed E-state index contributed by atoms with van der Waals surface area (Å²) in [7, 11) is -4.81. The van der Waals surface area contributed by atoms with Crippen molar-refractivity contribution >= 4 is 23.9 Å². The summed E-state index contributed by atoms with van der Waals surface area (Å²) in [6.07, 6.45) is -11.4. The molecule has 0 saturated heterocycles. The standard InChI is InChI=1S/C22H21F6O4P/c1-14(2)11-12-32-18(29)13-33(31,15-7-4-3-5-8-15)20(30)19-16(21(23,24)25)9-6-10-17(19)22(26,27)28/h3-10,14H,11-13H2,1-2H3. The Labute approximate surface area is 186 Å². The Balaban J connectivity index is 2.66. The second-order valence-corrected chi connectivity index (χ2v) is 10.4. The van der Waals surface area contributed by atoms with Crippen LogP contribution >= 0.6 is 7.14 Å². The monoisotopic (exact) mass is 494 g/mol. The van der Waals surface area contributed by atoms with Gasteiger partial charge in [0, 0.05) is 5.30 Å². The van der Waals surface area contributed by atoms with Crippen LogP contribution in [0.4, 0.5) is 26.3 Å². The lowest BCUT2D eigenvalue weighted by Crippen LogP contribution is -2.26. The first-order valence-electron chi connectivity index (χ1n) is 9.80. The summed E-state index contributed by atoms with van der Waals surface area (Å²) in [5, 5.41) is -0.346. The van der Waals surface area contributed by atoms with Gasteiger partial charge in [0.2, 0.25) is 5.52 Å². The minimum Gasteiger partial charge on any atom is -0.465 e. The van der Waals surface area contributed by atoms with Gasteiger partial charge in [0.15, 0.2) is 7.14 Å². The molecule has 1 unspecified atom stereocenters. The van der Waals surface area contributed by atoms with E-state index in [1.54, 1.807) is 0 Å². The molecule has 0 saturated carbocycles. The van der Waals surface area contributed by atoms with Gasteiger partial charge in [-0.3, -0.25) is 9.59 Å². The van der Waals surface area contributed by atoms with Gasteiger partial charge < -0.3 is 9.30 Å². The molecule has 2 aromatic rings. The largest absolute Gasteiger partial charge is 0.465 e.